The number of benzene rings is 2. The molecule has 0 atom stereocenters. The second-order valence-corrected chi connectivity index (χ2v) is 5.92. The highest BCUT2D eigenvalue weighted by molar-refractivity contribution is 5.83. The van der Waals surface area contributed by atoms with E-state index in [-0.39, 0.29) is 25.1 Å². The molecular formula is C20H16FN3O4. The molecule has 0 saturated heterocycles. The van der Waals surface area contributed by atoms with Crippen LogP contribution >= 0.6 is 0 Å². The van der Waals surface area contributed by atoms with Crippen LogP contribution < -0.4 is 20.2 Å². The number of anilines is 1. The summed E-state index contributed by atoms with van der Waals surface area (Å²) in [4.78, 5) is 11.9. The van der Waals surface area contributed by atoms with Gasteiger partial charge in [0.1, 0.15) is 17.3 Å². The number of rotatable bonds is 6. The molecule has 3 aromatic rings. The Morgan fingerprint density at radius 1 is 1.07 bits per heavy atom. The number of hydrazone groups is 1. The van der Waals surface area contributed by atoms with E-state index in [9.17, 15) is 9.18 Å². The zero-order chi connectivity index (χ0) is 19.3. The number of halogens is 1. The average Bonchev–Trinajstić information content (AvgIpc) is 3.36. The highest BCUT2D eigenvalue weighted by Crippen LogP contribution is 2.34. The van der Waals surface area contributed by atoms with Crippen LogP contribution in [0.3, 0.4) is 0 Å². The molecule has 2 aromatic carbocycles. The molecule has 1 aromatic heterocycles. The Hall–Kier alpha value is -3.81. The third-order valence-corrected chi connectivity index (χ3v) is 3.96. The summed E-state index contributed by atoms with van der Waals surface area (Å²) in [5, 5.41) is 6.85. The average molecular weight is 381 g/mol. The zero-order valence-corrected chi connectivity index (χ0v) is 14.6. The van der Waals surface area contributed by atoms with Crippen molar-refractivity contribution in [1.29, 1.82) is 0 Å². The van der Waals surface area contributed by atoms with E-state index in [4.69, 9.17) is 13.9 Å². The van der Waals surface area contributed by atoms with Gasteiger partial charge >= 0.3 is 0 Å². The van der Waals surface area contributed by atoms with Gasteiger partial charge in [0, 0.05) is 17.3 Å². The van der Waals surface area contributed by atoms with E-state index in [2.05, 4.69) is 15.8 Å². The minimum absolute atomic E-state index is 0.0377. The molecular weight excluding hydrogens is 365 g/mol. The van der Waals surface area contributed by atoms with E-state index in [1.165, 1.54) is 18.3 Å². The monoisotopic (exact) mass is 381 g/mol. The summed E-state index contributed by atoms with van der Waals surface area (Å²) in [7, 11) is 0. The lowest BCUT2D eigenvalue weighted by molar-refractivity contribution is -0.119. The first-order valence-electron chi connectivity index (χ1n) is 8.48. The second-order valence-electron chi connectivity index (χ2n) is 5.92. The van der Waals surface area contributed by atoms with Crippen LogP contribution in [-0.2, 0) is 4.79 Å². The van der Waals surface area contributed by atoms with Crippen molar-refractivity contribution in [1.82, 2.24) is 5.43 Å². The maximum atomic E-state index is 13.0. The van der Waals surface area contributed by atoms with E-state index in [1.807, 2.05) is 0 Å². The molecule has 2 heterocycles. The third-order valence-electron chi connectivity index (χ3n) is 3.96. The van der Waals surface area contributed by atoms with Crippen molar-refractivity contribution in [2.75, 3.05) is 18.7 Å². The Morgan fingerprint density at radius 2 is 1.89 bits per heavy atom. The van der Waals surface area contributed by atoms with Crippen molar-refractivity contribution in [3.63, 3.8) is 0 Å². The van der Waals surface area contributed by atoms with Crippen LogP contribution in [0.1, 0.15) is 5.76 Å². The number of nitrogens with zero attached hydrogens (tertiary/aromatic N) is 1. The predicted octanol–water partition coefficient (Wildman–Crippen LogP) is 3.38. The molecule has 0 spiro atoms. The first-order valence-corrected chi connectivity index (χ1v) is 8.48. The van der Waals surface area contributed by atoms with Crippen LogP contribution in [0.25, 0.3) is 11.3 Å². The fraction of sp³-hybridized carbons (Fsp3) is 0.100. The molecule has 8 heteroatoms. The summed E-state index contributed by atoms with van der Waals surface area (Å²) in [6.07, 6.45) is 1.39. The molecule has 0 bridgehead atoms. The number of furan rings is 1. The standard InChI is InChI=1S/C20H16FN3O4/c21-14-3-1-13(2-4-14)17-8-6-16(28-17)10-23-24-20(25)11-22-15-5-7-18-19(9-15)27-12-26-18/h1-10,22H,11-12H2,(H,24,25)/b23-10-. The smallest absolute Gasteiger partial charge is 0.259 e. The van der Waals surface area contributed by atoms with Gasteiger partial charge in [0.15, 0.2) is 11.5 Å². The van der Waals surface area contributed by atoms with Crippen LogP contribution in [0.15, 0.2) is 64.1 Å². The number of carbonyl (C=O) groups is 1. The molecule has 0 fully saturated rings. The van der Waals surface area contributed by atoms with E-state index >= 15 is 0 Å². The van der Waals surface area contributed by atoms with Gasteiger partial charge in [-0.25, -0.2) is 9.82 Å². The lowest BCUT2D eigenvalue weighted by atomic mass is 10.2. The predicted molar refractivity (Wildman–Crippen MR) is 101 cm³/mol. The maximum absolute atomic E-state index is 13.0. The third kappa shape index (κ3) is 4.12. The second kappa shape index (κ2) is 7.83. The summed E-state index contributed by atoms with van der Waals surface area (Å²) in [6.45, 7) is 0.236. The first kappa shape index (κ1) is 17.6. The van der Waals surface area contributed by atoms with Crippen molar-refractivity contribution in [2.24, 2.45) is 5.10 Å². The fourth-order valence-corrected chi connectivity index (χ4v) is 2.59. The van der Waals surface area contributed by atoms with Gasteiger partial charge in [-0.05, 0) is 48.5 Å². The Bertz CT molecular complexity index is 1010. The molecule has 0 radical (unpaired) electrons. The van der Waals surface area contributed by atoms with Crippen molar-refractivity contribution in [3.8, 4) is 22.8 Å². The Labute approximate surface area is 159 Å². The van der Waals surface area contributed by atoms with Crippen molar-refractivity contribution >= 4 is 17.8 Å². The van der Waals surface area contributed by atoms with Crippen molar-refractivity contribution < 1.29 is 23.1 Å². The van der Waals surface area contributed by atoms with Gasteiger partial charge in [-0.1, -0.05) is 0 Å². The molecule has 7 nitrogen and oxygen atoms in total. The number of hydrogen-bond donors (Lipinski definition) is 2. The SMILES string of the molecule is O=C(CNc1ccc2c(c1)OCO2)N/N=C\c1ccc(-c2ccc(F)cc2)o1. The number of hydrogen-bond acceptors (Lipinski definition) is 6. The van der Waals surface area contributed by atoms with Gasteiger partial charge in [0.2, 0.25) is 6.79 Å². The number of amides is 1. The van der Waals surface area contributed by atoms with Crippen LogP contribution in [0.2, 0.25) is 0 Å². The summed E-state index contributed by atoms with van der Waals surface area (Å²) >= 11 is 0. The van der Waals surface area contributed by atoms with E-state index in [0.29, 0.717) is 23.0 Å². The molecule has 0 aliphatic carbocycles. The van der Waals surface area contributed by atoms with Crippen LogP contribution in [0.5, 0.6) is 11.5 Å². The van der Waals surface area contributed by atoms with Gasteiger partial charge in [0.25, 0.3) is 5.91 Å². The van der Waals surface area contributed by atoms with Gasteiger partial charge in [0.05, 0.1) is 12.8 Å². The molecule has 1 aliphatic heterocycles. The topological polar surface area (TPSA) is 85.1 Å². The normalized spacial score (nSPS) is 12.3. The molecule has 4 rings (SSSR count). The van der Waals surface area contributed by atoms with Crippen LogP contribution in [0.4, 0.5) is 10.1 Å². The summed E-state index contributed by atoms with van der Waals surface area (Å²) < 4.78 is 29.1. The Morgan fingerprint density at radius 3 is 2.75 bits per heavy atom. The zero-order valence-electron chi connectivity index (χ0n) is 14.6. The Balaban J connectivity index is 1.27. The molecule has 142 valence electrons. The number of carbonyl (C=O) groups excluding carboxylic acids is 1. The minimum atomic E-state index is -0.320. The molecule has 0 saturated carbocycles. The van der Waals surface area contributed by atoms with Crippen molar-refractivity contribution in [2.45, 2.75) is 0 Å². The fourth-order valence-electron chi connectivity index (χ4n) is 2.59. The van der Waals surface area contributed by atoms with Crippen LogP contribution in [-0.4, -0.2) is 25.5 Å². The molecule has 28 heavy (non-hydrogen) atoms. The summed E-state index contributed by atoms with van der Waals surface area (Å²) in [5.74, 6) is 1.73. The molecule has 2 N–H and O–H groups in total. The summed E-state index contributed by atoms with van der Waals surface area (Å²) in [6, 6.07) is 14.8. The molecule has 1 aliphatic rings. The van der Waals surface area contributed by atoms with Gasteiger partial charge in [-0.3, -0.25) is 4.79 Å². The van der Waals surface area contributed by atoms with Gasteiger partial charge < -0.3 is 19.2 Å². The number of ether oxygens (including phenoxy) is 2. The maximum Gasteiger partial charge on any atom is 0.259 e. The lowest BCUT2D eigenvalue weighted by Crippen LogP contribution is -2.25. The number of nitrogens with one attached hydrogen (secondary N) is 2. The summed E-state index contributed by atoms with van der Waals surface area (Å²) in [5.41, 5.74) is 3.90. The van der Waals surface area contributed by atoms with Gasteiger partial charge in [-0.2, -0.15) is 5.10 Å². The Kier molecular flexibility index (Phi) is 4.92. The number of fused-ring (bicyclic) bond motifs is 1. The van der Waals surface area contributed by atoms with E-state index < -0.39 is 0 Å². The molecule has 0 unspecified atom stereocenters. The lowest BCUT2D eigenvalue weighted by Gasteiger charge is -2.06. The van der Waals surface area contributed by atoms with E-state index in [1.54, 1.807) is 42.5 Å². The van der Waals surface area contributed by atoms with Gasteiger partial charge in [-0.15, -0.1) is 0 Å². The highest BCUT2D eigenvalue weighted by Gasteiger charge is 2.13. The minimum Gasteiger partial charge on any atom is -0.455 e. The van der Waals surface area contributed by atoms with Crippen LogP contribution in [0, 0.1) is 5.82 Å². The largest absolute Gasteiger partial charge is 0.455 e. The van der Waals surface area contributed by atoms with E-state index in [0.717, 1.165) is 11.3 Å². The van der Waals surface area contributed by atoms with Crippen molar-refractivity contribution in [3.05, 3.63) is 66.2 Å². The highest BCUT2D eigenvalue weighted by atomic mass is 19.1. The first-order chi connectivity index (χ1) is 13.7. The quantitative estimate of drug-likeness (QED) is 0.505. The molecule has 1 amide bonds.